The van der Waals surface area contributed by atoms with Crippen molar-refractivity contribution in [2.75, 3.05) is 0 Å². The maximum absolute atomic E-state index is 4.19. The van der Waals surface area contributed by atoms with E-state index in [0.717, 1.165) is 17.9 Å². The van der Waals surface area contributed by atoms with Crippen LogP contribution in [0.25, 0.3) is 5.69 Å². The molecule has 19 heavy (non-hydrogen) atoms. The van der Waals surface area contributed by atoms with Crippen molar-refractivity contribution < 1.29 is 0 Å². The molecule has 0 saturated heterocycles. The first-order valence-electron chi connectivity index (χ1n) is 6.81. The molecule has 0 aliphatic rings. The lowest BCUT2D eigenvalue weighted by atomic mass is 10.0. The van der Waals surface area contributed by atoms with E-state index in [1.807, 2.05) is 10.9 Å². The maximum Gasteiger partial charge on any atom is 0.0969 e. The summed E-state index contributed by atoms with van der Waals surface area (Å²) in [7, 11) is 0. The van der Waals surface area contributed by atoms with E-state index in [9.17, 15) is 0 Å². The van der Waals surface area contributed by atoms with Crippen molar-refractivity contribution >= 4 is 0 Å². The number of benzene rings is 1. The van der Waals surface area contributed by atoms with Crippen molar-refractivity contribution in [1.29, 1.82) is 0 Å². The van der Waals surface area contributed by atoms with E-state index in [2.05, 4.69) is 67.6 Å². The van der Waals surface area contributed by atoms with Crippen LogP contribution in [0.15, 0.2) is 30.5 Å². The van der Waals surface area contributed by atoms with Crippen molar-refractivity contribution in [3.8, 4) is 5.69 Å². The highest BCUT2D eigenvalue weighted by Crippen LogP contribution is 2.17. The predicted molar refractivity (Wildman–Crippen MR) is 77.4 cm³/mol. The molecule has 4 nitrogen and oxygen atoms in total. The highest BCUT2D eigenvalue weighted by Gasteiger charge is 2.05. The molecular formula is C15H22N4. The zero-order valence-corrected chi connectivity index (χ0v) is 12.1. The van der Waals surface area contributed by atoms with Gasteiger partial charge in [-0.1, -0.05) is 45.0 Å². The lowest BCUT2D eigenvalue weighted by Gasteiger charge is -2.07. The van der Waals surface area contributed by atoms with Gasteiger partial charge in [-0.2, -0.15) is 0 Å². The van der Waals surface area contributed by atoms with Crippen molar-refractivity contribution in [1.82, 2.24) is 20.3 Å². The maximum atomic E-state index is 4.19. The molecule has 0 saturated carbocycles. The molecule has 0 bridgehead atoms. The van der Waals surface area contributed by atoms with E-state index >= 15 is 0 Å². The Morgan fingerprint density at radius 1 is 1.21 bits per heavy atom. The number of hydrogen-bond acceptors (Lipinski definition) is 3. The summed E-state index contributed by atoms with van der Waals surface area (Å²) < 4.78 is 1.84. The zero-order valence-electron chi connectivity index (χ0n) is 12.1. The fourth-order valence-corrected chi connectivity index (χ4v) is 1.84. The summed E-state index contributed by atoms with van der Waals surface area (Å²) in [5, 5.41) is 11.7. The lowest BCUT2D eigenvalue weighted by Crippen LogP contribution is -2.21. The van der Waals surface area contributed by atoms with Crippen LogP contribution in [0.5, 0.6) is 0 Å². The molecule has 1 heterocycles. The molecular weight excluding hydrogens is 236 g/mol. The second kappa shape index (κ2) is 5.97. The molecule has 2 aromatic rings. The Morgan fingerprint density at radius 2 is 2.00 bits per heavy atom. The smallest absolute Gasteiger partial charge is 0.0969 e. The molecule has 0 unspecified atom stereocenters. The average molecular weight is 258 g/mol. The van der Waals surface area contributed by atoms with E-state index in [-0.39, 0.29) is 0 Å². The van der Waals surface area contributed by atoms with Crippen molar-refractivity contribution in [3.05, 3.63) is 41.7 Å². The van der Waals surface area contributed by atoms with Gasteiger partial charge >= 0.3 is 0 Å². The predicted octanol–water partition coefficient (Wildman–Crippen LogP) is 2.89. The van der Waals surface area contributed by atoms with Gasteiger partial charge < -0.3 is 5.32 Å². The molecule has 1 N–H and O–H groups in total. The Labute approximate surface area is 114 Å². The first-order chi connectivity index (χ1) is 9.06. The van der Waals surface area contributed by atoms with Gasteiger partial charge in [0.2, 0.25) is 0 Å². The molecule has 0 aliphatic carbocycles. The minimum Gasteiger partial charge on any atom is -0.309 e. The highest BCUT2D eigenvalue weighted by molar-refractivity contribution is 5.36. The summed E-state index contributed by atoms with van der Waals surface area (Å²) in [6.45, 7) is 9.38. The van der Waals surface area contributed by atoms with Gasteiger partial charge in [-0.05, 0) is 23.6 Å². The molecule has 1 aromatic heterocycles. The van der Waals surface area contributed by atoms with Crippen LogP contribution in [0, 0.1) is 0 Å². The topological polar surface area (TPSA) is 42.7 Å². The molecule has 1 aromatic carbocycles. The van der Waals surface area contributed by atoms with Crippen LogP contribution in [-0.4, -0.2) is 21.0 Å². The van der Waals surface area contributed by atoms with Crippen LogP contribution in [0.3, 0.4) is 0 Å². The Hall–Kier alpha value is -1.68. The molecule has 0 aliphatic heterocycles. The van der Waals surface area contributed by atoms with Crippen LogP contribution in [0.4, 0.5) is 0 Å². The summed E-state index contributed by atoms with van der Waals surface area (Å²) >= 11 is 0. The van der Waals surface area contributed by atoms with Gasteiger partial charge in [-0.25, -0.2) is 4.68 Å². The molecule has 0 spiro atoms. The Morgan fingerprint density at radius 3 is 2.68 bits per heavy atom. The molecule has 2 rings (SSSR count). The summed E-state index contributed by atoms with van der Waals surface area (Å²) in [6, 6.07) is 8.89. The van der Waals surface area contributed by atoms with E-state index in [4.69, 9.17) is 0 Å². The van der Waals surface area contributed by atoms with Crippen LogP contribution in [0.1, 0.15) is 44.9 Å². The monoisotopic (exact) mass is 258 g/mol. The van der Waals surface area contributed by atoms with Gasteiger partial charge in [0.05, 0.1) is 17.6 Å². The molecule has 4 heteroatoms. The number of rotatable bonds is 5. The van der Waals surface area contributed by atoms with E-state index in [0.29, 0.717) is 12.0 Å². The summed E-state index contributed by atoms with van der Waals surface area (Å²) in [6.07, 6.45) is 1.98. The third-order valence-corrected chi connectivity index (χ3v) is 3.03. The van der Waals surface area contributed by atoms with E-state index in [1.165, 1.54) is 5.56 Å². The number of nitrogens with zero attached hydrogens (tertiary/aromatic N) is 3. The van der Waals surface area contributed by atoms with Gasteiger partial charge in [0.15, 0.2) is 0 Å². The molecule has 0 fully saturated rings. The number of aromatic nitrogens is 3. The highest BCUT2D eigenvalue weighted by atomic mass is 15.4. The SMILES string of the molecule is CC(C)NCc1cn(-c2cccc(C(C)C)c2)nn1. The summed E-state index contributed by atoms with van der Waals surface area (Å²) in [5.74, 6) is 0.519. The van der Waals surface area contributed by atoms with Crippen molar-refractivity contribution in [2.24, 2.45) is 0 Å². The second-order valence-corrected chi connectivity index (χ2v) is 5.44. The van der Waals surface area contributed by atoms with Crippen LogP contribution >= 0.6 is 0 Å². The van der Waals surface area contributed by atoms with Gasteiger partial charge in [-0.3, -0.25) is 0 Å². The molecule has 0 atom stereocenters. The second-order valence-electron chi connectivity index (χ2n) is 5.44. The van der Waals surface area contributed by atoms with Gasteiger partial charge in [-0.15, -0.1) is 5.10 Å². The van der Waals surface area contributed by atoms with Crippen molar-refractivity contribution in [3.63, 3.8) is 0 Å². The van der Waals surface area contributed by atoms with Crippen molar-refractivity contribution in [2.45, 2.75) is 46.2 Å². The quantitative estimate of drug-likeness (QED) is 0.896. The minimum atomic E-state index is 0.453. The largest absolute Gasteiger partial charge is 0.309 e. The van der Waals surface area contributed by atoms with Gasteiger partial charge in [0.25, 0.3) is 0 Å². The third-order valence-electron chi connectivity index (χ3n) is 3.03. The first kappa shape index (κ1) is 13.7. The lowest BCUT2D eigenvalue weighted by molar-refractivity contribution is 0.580. The zero-order chi connectivity index (χ0) is 13.8. The van der Waals surface area contributed by atoms with Crippen LogP contribution < -0.4 is 5.32 Å². The summed E-state index contributed by atoms with van der Waals surface area (Å²) in [4.78, 5) is 0. The van der Waals surface area contributed by atoms with E-state index in [1.54, 1.807) is 0 Å². The fourth-order valence-electron chi connectivity index (χ4n) is 1.84. The van der Waals surface area contributed by atoms with Gasteiger partial charge in [0.1, 0.15) is 0 Å². The summed E-state index contributed by atoms with van der Waals surface area (Å²) in [5.41, 5.74) is 3.34. The average Bonchev–Trinajstić information content (AvgIpc) is 2.85. The van der Waals surface area contributed by atoms with Gasteiger partial charge in [0, 0.05) is 12.6 Å². The normalized spacial score (nSPS) is 11.5. The third kappa shape index (κ3) is 3.64. The molecule has 102 valence electrons. The Kier molecular flexibility index (Phi) is 4.32. The number of nitrogens with one attached hydrogen (secondary N) is 1. The minimum absolute atomic E-state index is 0.453. The Bertz CT molecular complexity index is 528. The standard InChI is InChI=1S/C15H22N4/c1-11(2)13-6-5-7-15(8-13)19-10-14(17-18-19)9-16-12(3)4/h5-8,10-12,16H,9H2,1-4H3. The molecule has 0 radical (unpaired) electrons. The van der Waals surface area contributed by atoms with Crippen LogP contribution in [0.2, 0.25) is 0 Å². The fraction of sp³-hybridized carbons (Fsp3) is 0.467. The molecule has 0 amide bonds. The first-order valence-corrected chi connectivity index (χ1v) is 6.81. The van der Waals surface area contributed by atoms with Crippen LogP contribution in [-0.2, 0) is 6.54 Å². The Balaban J connectivity index is 2.16. The van der Waals surface area contributed by atoms with E-state index < -0.39 is 0 Å². The number of hydrogen-bond donors (Lipinski definition) is 1.